The van der Waals surface area contributed by atoms with Gasteiger partial charge in [-0.25, -0.2) is 14.2 Å². The summed E-state index contributed by atoms with van der Waals surface area (Å²) in [5.74, 6) is -1.03. The number of pyridine rings is 1. The van der Waals surface area contributed by atoms with E-state index in [-0.39, 0.29) is 18.9 Å². The van der Waals surface area contributed by atoms with Crippen molar-refractivity contribution in [2.24, 2.45) is 0 Å². The number of halogens is 1. The highest BCUT2D eigenvalue weighted by atomic mass is 19.1. The number of amides is 1. The number of fused-ring (bicyclic) bond motifs is 2. The lowest BCUT2D eigenvalue weighted by Crippen LogP contribution is -2.47. The molecular formula is C30H41FN4O5. The second kappa shape index (κ2) is 15.1. The first-order chi connectivity index (χ1) is 19.5. The van der Waals surface area contributed by atoms with Crippen LogP contribution in [0.5, 0.6) is 0 Å². The summed E-state index contributed by atoms with van der Waals surface area (Å²) in [4.78, 5) is 31.9. The standard InChI is InChI=1S/C30H41FN4O5/c1-39-24(17-31)18-35(15-5-4-9-23-12-11-21-8-6-14-32-28(21)33-23)16-13-27(30(37)38)34-29(36)26-20-40-19-22-7-2-3-10-25(22)26/h2-3,7,10-12,24,26-27H,4-6,8-9,13-20H2,1H3,(H,32,33)(H,34,36)(H,37,38)/t24-,26?,27+/m1/s1. The van der Waals surface area contributed by atoms with E-state index in [2.05, 4.69) is 22.8 Å². The fourth-order valence-electron chi connectivity index (χ4n) is 5.36. The molecule has 2 aromatic rings. The van der Waals surface area contributed by atoms with E-state index in [1.165, 1.54) is 12.7 Å². The van der Waals surface area contributed by atoms with E-state index in [1.54, 1.807) is 0 Å². The maximum absolute atomic E-state index is 13.5. The molecule has 0 spiro atoms. The molecule has 9 nitrogen and oxygen atoms in total. The van der Waals surface area contributed by atoms with Crippen molar-refractivity contribution in [1.82, 2.24) is 15.2 Å². The zero-order chi connectivity index (χ0) is 28.3. The van der Waals surface area contributed by atoms with Crippen molar-refractivity contribution in [2.75, 3.05) is 51.9 Å². The topological polar surface area (TPSA) is 113 Å². The molecule has 0 fully saturated rings. The van der Waals surface area contributed by atoms with Gasteiger partial charge in [0, 0.05) is 32.4 Å². The molecule has 40 heavy (non-hydrogen) atoms. The monoisotopic (exact) mass is 556 g/mol. The van der Waals surface area contributed by atoms with Crippen molar-refractivity contribution in [1.29, 1.82) is 0 Å². The maximum atomic E-state index is 13.5. The van der Waals surface area contributed by atoms with Crippen LogP contribution in [-0.2, 0) is 38.5 Å². The van der Waals surface area contributed by atoms with Gasteiger partial charge in [-0.05, 0) is 67.8 Å². The van der Waals surface area contributed by atoms with Crippen LogP contribution in [-0.4, -0.2) is 85.6 Å². The van der Waals surface area contributed by atoms with Crippen molar-refractivity contribution in [3.63, 3.8) is 0 Å². The molecule has 3 atom stereocenters. The SMILES string of the molecule is CO[C@H](CF)CN(CCCCc1ccc2c(n1)NCCC2)CC[C@H](NC(=O)C1COCc2ccccc21)C(=O)O. The number of hydrogen-bond acceptors (Lipinski definition) is 7. The number of aliphatic carboxylic acids is 1. The van der Waals surface area contributed by atoms with E-state index in [9.17, 15) is 19.1 Å². The summed E-state index contributed by atoms with van der Waals surface area (Å²) in [5, 5.41) is 15.9. The molecule has 218 valence electrons. The van der Waals surface area contributed by atoms with Crippen LogP contribution in [0.15, 0.2) is 36.4 Å². The summed E-state index contributed by atoms with van der Waals surface area (Å²) in [6, 6.07) is 10.7. The highest BCUT2D eigenvalue weighted by Crippen LogP contribution is 2.27. The molecule has 0 saturated heterocycles. The number of carboxylic acids is 1. The van der Waals surface area contributed by atoms with E-state index < -0.39 is 30.7 Å². The number of carbonyl (C=O) groups excluding carboxylic acids is 1. The number of nitrogens with zero attached hydrogens (tertiary/aromatic N) is 2. The first-order valence-corrected chi connectivity index (χ1v) is 14.2. The highest BCUT2D eigenvalue weighted by Gasteiger charge is 2.30. The number of anilines is 1. The Balaban J connectivity index is 1.31. The molecule has 2 aliphatic rings. The molecule has 1 aromatic heterocycles. The quantitative estimate of drug-likeness (QED) is 0.287. The third kappa shape index (κ3) is 8.22. The zero-order valence-corrected chi connectivity index (χ0v) is 23.2. The smallest absolute Gasteiger partial charge is 0.326 e. The largest absolute Gasteiger partial charge is 0.480 e. The third-order valence-corrected chi connectivity index (χ3v) is 7.71. The molecule has 0 aliphatic carbocycles. The van der Waals surface area contributed by atoms with Crippen molar-refractivity contribution in [3.05, 3.63) is 58.8 Å². The average molecular weight is 557 g/mol. The molecule has 3 N–H and O–H groups in total. The molecule has 4 rings (SSSR count). The van der Waals surface area contributed by atoms with E-state index in [1.807, 2.05) is 29.2 Å². The normalized spacial score (nSPS) is 17.8. The van der Waals surface area contributed by atoms with Crippen LogP contribution in [0.3, 0.4) is 0 Å². The first-order valence-electron chi connectivity index (χ1n) is 14.2. The van der Waals surface area contributed by atoms with E-state index in [4.69, 9.17) is 14.5 Å². The van der Waals surface area contributed by atoms with Crippen LogP contribution in [0.2, 0.25) is 0 Å². The first kappa shape index (κ1) is 29.9. The number of unbranched alkanes of at least 4 members (excludes halogenated alkanes) is 1. The Hall–Kier alpha value is -3.08. The molecule has 0 saturated carbocycles. The zero-order valence-electron chi connectivity index (χ0n) is 23.2. The maximum Gasteiger partial charge on any atom is 0.326 e. The summed E-state index contributed by atoms with van der Waals surface area (Å²) >= 11 is 0. The van der Waals surface area contributed by atoms with E-state index >= 15 is 0 Å². The summed E-state index contributed by atoms with van der Waals surface area (Å²) in [6.07, 6.45) is 4.35. The van der Waals surface area contributed by atoms with Gasteiger partial charge < -0.3 is 30.1 Å². The van der Waals surface area contributed by atoms with Crippen LogP contribution in [0, 0.1) is 0 Å². The molecule has 10 heteroatoms. The minimum Gasteiger partial charge on any atom is -0.480 e. The molecule has 1 aromatic carbocycles. The number of methoxy groups -OCH3 is 1. The average Bonchev–Trinajstić information content (AvgIpc) is 2.98. The lowest BCUT2D eigenvalue weighted by atomic mass is 9.92. The van der Waals surface area contributed by atoms with Gasteiger partial charge >= 0.3 is 5.97 Å². The Bertz CT molecular complexity index is 1130. The van der Waals surface area contributed by atoms with Gasteiger partial charge in [0.2, 0.25) is 5.91 Å². The summed E-state index contributed by atoms with van der Waals surface area (Å²) in [5.41, 5.74) is 4.11. The fraction of sp³-hybridized carbons (Fsp3) is 0.567. The molecule has 0 bridgehead atoms. The van der Waals surface area contributed by atoms with Crippen LogP contribution < -0.4 is 10.6 Å². The molecule has 3 heterocycles. The number of carbonyl (C=O) groups is 2. The summed E-state index contributed by atoms with van der Waals surface area (Å²) in [6.45, 7) is 2.36. The molecule has 1 unspecified atom stereocenters. The number of aryl methyl sites for hydroxylation is 2. The predicted molar refractivity (Wildman–Crippen MR) is 150 cm³/mol. The Morgan fingerprint density at radius 3 is 2.88 bits per heavy atom. The Kier molecular flexibility index (Phi) is 11.3. The minimum atomic E-state index is -1.10. The number of ether oxygens (including phenoxy) is 2. The fourth-order valence-corrected chi connectivity index (χ4v) is 5.36. The van der Waals surface area contributed by atoms with E-state index in [0.717, 1.165) is 61.3 Å². The Morgan fingerprint density at radius 1 is 1.23 bits per heavy atom. The summed E-state index contributed by atoms with van der Waals surface area (Å²) in [7, 11) is 1.47. The second-order valence-electron chi connectivity index (χ2n) is 10.6. The van der Waals surface area contributed by atoms with Crippen LogP contribution >= 0.6 is 0 Å². The van der Waals surface area contributed by atoms with E-state index in [0.29, 0.717) is 26.2 Å². The lowest BCUT2D eigenvalue weighted by Gasteiger charge is -2.28. The molecule has 0 radical (unpaired) electrons. The van der Waals surface area contributed by atoms with Crippen molar-refractivity contribution in [2.45, 2.75) is 63.2 Å². The van der Waals surface area contributed by atoms with Crippen molar-refractivity contribution < 1.29 is 28.6 Å². The van der Waals surface area contributed by atoms with Gasteiger partial charge in [0.1, 0.15) is 18.5 Å². The Labute approximate surface area is 235 Å². The second-order valence-corrected chi connectivity index (χ2v) is 10.6. The summed E-state index contributed by atoms with van der Waals surface area (Å²) < 4.78 is 24.3. The molecule has 2 aliphatic heterocycles. The number of alkyl halides is 1. The van der Waals surface area contributed by atoms with Gasteiger partial charge in [-0.15, -0.1) is 0 Å². The van der Waals surface area contributed by atoms with Crippen molar-refractivity contribution in [3.8, 4) is 0 Å². The van der Waals surface area contributed by atoms with Gasteiger partial charge in [-0.2, -0.15) is 0 Å². The number of nitrogens with one attached hydrogen (secondary N) is 2. The highest BCUT2D eigenvalue weighted by molar-refractivity contribution is 5.88. The number of benzene rings is 1. The van der Waals surface area contributed by atoms with Gasteiger partial charge in [-0.3, -0.25) is 4.79 Å². The number of carboxylic acid groups (broad SMARTS) is 1. The Morgan fingerprint density at radius 2 is 2.08 bits per heavy atom. The minimum absolute atomic E-state index is 0.192. The number of hydrogen-bond donors (Lipinski definition) is 3. The van der Waals surface area contributed by atoms with Crippen molar-refractivity contribution >= 4 is 17.7 Å². The third-order valence-electron chi connectivity index (χ3n) is 7.71. The van der Waals surface area contributed by atoms with Crippen LogP contribution in [0.1, 0.15) is 54.0 Å². The number of rotatable bonds is 15. The van der Waals surface area contributed by atoms with Gasteiger partial charge in [0.25, 0.3) is 0 Å². The molecule has 1 amide bonds. The van der Waals surface area contributed by atoms with Crippen LogP contribution in [0.4, 0.5) is 10.2 Å². The van der Waals surface area contributed by atoms with Gasteiger partial charge in [0.05, 0.1) is 25.2 Å². The van der Waals surface area contributed by atoms with Gasteiger partial charge in [0.15, 0.2) is 0 Å². The number of aromatic nitrogens is 1. The predicted octanol–water partition coefficient (Wildman–Crippen LogP) is 3.32. The lowest BCUT2D eigenvalue weighted by molar-refractivity contribution is -0.142. The molecular weight excluding hydrogens is 515 g/mol. The van der Waals surface area contributed by atoms with Crippen LogP contribution in [0.25, 0.3) is 0 Å². The van der Waals surface area contributed by atoms with Gasteiger partial charge in [-0.1, -0.05) is 30.3 Å².